The van der Waals surface area contributed by atoms with Gasteiger partial charge in [0.2, 0.25) is 0 Å². The molecule has 1 aliphatic heterocycles. The molecule has 0 bridgehead atoms. The second kappa shape index (κ2) is 7.11. The first kappa shape index (κ1) is 17.2. The van der Waals surface area contributed by atoms with Gasteiger partial charge in [-0.3, -0.25) is 9.69 Å². The number of aryl methyl sites for hydroxylation is 1. The number of carbonyl (C=O) groups is 2. The SMILES string of the molecule is Cc1cccc(N2CC(CNC(=O)c3c(F)cccc3Cl)OC2=O)c1. The predicted molar refractivity (Wildman–Crippen MR) is 92.5 cm³/mol. The Balaban J connectivity index is 1.63. The number of amides is 2. The molecule has 1 heterocycles. The van der Waals surface area contributed by atoms with Gasteiger partial charge in [0, 0.05) is 5.69 Å². The van der Waals surface area contributed by atoms with E-state index in [4.69, 9.17) is 16.3 Å². The molecule has 5 nitrogen and oxygen atoms in total. The number of nitrogens with zero attached hydrogens (tertiary/aromatic N) is 1. The largest absolute Gasteiger partial charge is 0.442 e. The third-order valence-corrected chi connectivity index (χ3v) is 4.18. The maximum absolute atomic E-state index is 13.7. The summed E-state index contributed by atoms with van der Waals surface area (Å²) < 4.78 is 19.0. The second-order valence-electron chi connectivity index (χ2n) is 5.76. The van der Waals surface area contributed by atoms with Crippen molar-refractivity contribution in [1.82, 2.24) is 5.32 Å². The summed E-state index contributed by atoms with van der Waals surface area (Å²) in [7, 11) is 0. The molecule has 0 saturated carbocycles. The Morgan fingerprint density at radius 2 is 2.12 bits per heavy atom. The average molecular weight is 363 g/mol. The van der Waals surface area contributed by atoms with Crippen LogP contribution in [0.1, 0.15) is 15.9 Å². The topological polar surface area (TPSA) is 58.6 Å². The van der Waals surface area contributed by atoms with E-state index in [0.29, 0.717) is 6.54 Å². The maximum Gasteiger partial charge on any atom is 0.414 e. The molecule has 130 valence electrons. The van der Waals surface area contributed by atoms with Crippen molar-refractivity contribution in [2.45, 2.75) is 13.0 Å². The van der Waals surface area contributed by atoms with E-state index in [1.54, 1.807) is 0 Å². The van der Waals surface area contributed by atoms with Gasteiger partial charge >= 0.3 is 6.09 Å². The monoisotopic (exact) mass is 362 g/mol. The molecule has 0 radical (unpaired) electrons. The van der Waals surface area contributed by atoms with E-state index in [0.717, 1.165) is 17.3 Å². The molecule has 1 fully saturated rings. The van der Waals surface area contributed by atoms with E-state index in [1.165, 1.54) is 17.0 Å². The maximum atomic E-state index is 13.7. The fourth-order valence-electron chi connectivity index (χ4n) is 2.64. The van der Waals surface area contributed by atoms with Crippen molar-refractivity contribution in [3.63, 3.8) is 0 Å². The third kappa shape index (κ3) is 3.74. The van der Waals surface area contributed by atoms with Crippen LogP contribution in [0.5, 0.6) is 0 Å². The standard InChI is InChI=1S/C18H16ClFN2O3/c1-11-4-2-5-12(8-11)22-10-13(25-18(22)24)9-21-17(23)16-14(19)6-3-7-15(16)20/h2-8,13H,9-10H2,1H3,(H,21,23). The number of anilines is 1. The van der Waals surface area contributed by atoms with Gasteiger partial charge in [-0.15, -0.1) is 0 Å². The summed E-state index contributed by atoms with van der Waals surface area (Å²) in [4.78, 5) is 25.7. The zero-order valence-electron chi connectivity index (χ0n) is 13.5. The molecule has 1 N–H and O–H groups in total. The van der Waals surface area contributed by atoms with E-state index in [2.05, 4.69) is 5.32 Å². The molecular weight excluding hydrogens is 347 g/mol. The molecule has 2 aromatic carbocycles. The highest BCUT2D eigenvalue weighted by Gasteiger charge is 2.32. The molecule has 0 aliphatic carbocycles. The molecule has 1 atom stereocenters. The van der Waals surface area contributed by atoms with Crippen LogP contribution in [0.4, 0.5) is 14.9 Å². The van der Waals surface area contributed by atoms with Crippen molar-refractivity contribution in [2.75, 3.05) is 18.0 Å². The minimum atomic E-state index is -0.699. The quantitative estimate of drug-likeness (QED) is 0.905. The summed E-state index contributed by atoms with van der Waals surface area (Å²) in [5, 5.41) is 2.59. The first-order valence-corrected chi connectivity index (χ1v) is 8.10. The lowest BCUT2D eigenvalue weighted by Gasteiger charge is -2.14. The molecule has 1 saturated heterocycles. The lowest BCUT2D eigenvalue weighted by atomic mass is 10.2. The molecule has 2 amide bonds. The number of halogens is 2. The summed E-state index contributed by atoms with van der Waals surface area (Å²) in [5.74, 6) is -1.34. The van der Waals surface area contributed by atoms with Crippen molar-refractivity contribution < 1.29 is 18.7 Å². The predicted octanol–water partition coefficient (Wildman–Crippen LogP) is 3.54. The van der Waals surface area contributed by atoms with Crippen molar-refractivity contribution in [2.24, 2.45) is 0 Å². The Bertz CT molecular complexity index is 807. The summed E-state index contributed by atoms with van der Waals surface area (Å²) in [6.07, 6.45) is -1.00. The van der Waals surface area contributed by atoms with Crippen molar-refractivity contribution in [3.05, 3.63) is 64.4 Å². The zero-order valence-corrected chi connectivity index (χ0v) is 14.2. The van der Waals surface area contributed by atoms with Gasteiger partial charge in [-0.25, -0.2) is 9.18 Å². The number of ether oxygens (including phenoxy) is 1. The Labute approximate surface area is 149 Å². The molecule has 3 rings (SSSR count). The number of carbonyl (C=O) groups excluding carboxylic acids is 2. The molecule has 2 aromatic rings. The number of benzene rings is 2. The molecule has 0 aromatic heterocycles. The third-order valence-electron chi connectivity index (χ3n) is 3.87. The van der Waals surface area contributed by atoms with Crippen molar-refractivity contribution in [1.29, 1.82) is 0 Å². The summed E-state index contributed by atoms with van der Waals surface area (Å²) in [6.45, 7) is 2.30. The van der Waals surface area contributed by atoms with Gasteiger partial charge < -0.3 is 10.1 Å². The number of hydrogen-bond donors (Lipinski definition) is 1. The van der Waals surface area contributed by atoms with Gasteiger partial charge in [-0.1, -0.05) is 29.8 Å². The fraction of sp³-hybridized carbons (Fsp3) is 0.222. The molecule has 1 aliphatic rings. The van der Waals surface area contributed by atoms with E-state index < -0.39 is 23.9 Å². The van der Waals surface area contributed by atoms with Gasteiger partial charge in [0.25, 0.3) is 5.91 Å². The molecule has 1 unspecified atom stereocenters. The van der Waals surface area contributed by atoms with Crippen LogP contribution in [0.2, 0.25) is 5.02 Å². The first-order valence-electron chi connectivity index (χ1n) is 7.72. The minimum absolute atomic E-state index is 0.0299. The average Bonchev–Trinajstić information content (AvgIpc) is 2.94. The second-order valence-corrected chi connectivity index (χ2v) is 6.17. The number of hydrogen-bond acceptors (Lipinski definition) is 3. The van der Waals surface area contributed by atoms with Gasteiger partial charge in [0.05, 0.1) is 23.7 Å². The Morgan fingerprint density at radius 3 is 2.84 bits per heavy atom. The van der Waals surface area contributed by atoms with Crippen LogP contribution in [0.3, 0.4) is 0 Å². The van der Waals surface area contributed by atoms with Gasteiger partial charge in [-0.05, 0) is 36.8 Å². The molecule has 7 heteroatoms. The van der Waals surface area contributed by atoms with Crippen LogP contribution in [0, 0.1) is 12.7 Å². The normalized spacial score (nSPS) is 16.7. The van der Waals surface area contributed by atoms with Crippen LogP contribution in [-0.4, -0.2) is 31.2 Å². The number of nitrogens with one attached hydrogen (secondary N) is 1. The van der Waals surface area contributed by atoms with Crippen LogP contribution in [-0.2, 0) is 4.74 Å². The summed E-state index contributed by atoms with van der Waals surface area (Å²) in [5.41, 5.74) is 1.54. The highest BCUT2D eigenvalue weighted by atomic mass is 35.5. The van der Waals surface area contributed by atoms with E-state index in [-0.39, 0.29) is 17.1 Å². The Kier molecular flexibility index (Phi) is 4.90. The van der Waals surface area contributed by atoms with E-state index in [1.807, 2.05) is 31.2 Å². The van der Waals surface area contributed by atoms with Crippen LogP contribution in [0.15, 0.2) is 42.5 Å². The number of rotatable bonds is 4. The smallest absolute Gasteiger partial charge is 0.414 e. The highest BCUT2D eigenvalue weighted by Crippen LogP contribution is 2.23. The molecule has 25 heavy (non-hydrogen) atoms. The number of cyclic esters (lactones) is 1. The van der Waals surface area contributed by atoms with Gasteiger partial charge in [0.15, 0.2) is 0 Å². The molecule has 0 spiro atoms. The van der Waals surface area contributed by atoms with Crippen LogP contribution in [0.25, 0.3) is 0 Å². The zero-order chi connectivity index (χ0) is 18.0. The van der Waals surface area contributed by atoms with E-state index in [9.17, 15) is 14.0 Å². The van der Waals surface area contributed by atoms with Crippen molar-refractivity contribution in [3.8, 4) is 0 Å². The van der Waals surface area contributed by atoms with Crippen molar-refractivity contribution >= 4 is 29.3 Å². The van der Waals surface area contributed by atoms with E-state index >= 15 is 0 Å². The Morgan fingerprint density at radius 1 is 1.36 bits per heavy atom. The van der Waals surface area contributed by atoms with Gasteiger partial charge in [-0.2, -0.15) is 0 Å². The highest BCUT2D eigenvalue weighted by molar-refractivity contribution is 6.33. The van der Waals surface area contributed by atoms with Gasteiger partial charge in [0.1, 0.15) is 11.9 Å². The lowest BCUT2D eigenvalue weighted by molar-refractivity contribution is 0.0912. The van der Waals surface area contributed by atoms with Crippen LogP contribution < -0.4 is 10.2 Å². The molecular formula is C18H16ClFN2O3. The summed E-state index contributed by atoms with van der Waals surface area (Å²) in [6, 6.07) is 11.5. The lowest BCUT2D eigenvalue weighted by Crippen LogP contribution is -2.35. The first-order chi connectivity index (χ1) is 12.0. The summed E-state index contributed by atoms with van der Waals surface area (Å²) >= 11 is 5.87. The fourth-order valence-corrected chi connectivity index (χ4v) is 2.89. The Hall–Kier alpha value is -2.60. The van der Waals surface area contributed by atoms with Crippen LogP contribution >= 0.6 is 11.6 Å². The minimum Gasteiger partial charge on any atom is -0.442 e.